The van der Waals surface area contributed by atoms with E-state index in [1.807, 2.05) is 6.92 Å². The molecule has 2 aromatic heterocycles. The zero-order chi connectivity index (χ0) is 10.7. The zero-order valence-corrected chi connectivity index (χ0v) is 8.65. The number of halogens is 1. The topological polar surface area (TPSA) is 92.3 Å². The lowest BCUT2D eigenvalue weighted by Crippen LogP contribution is -2.05. The van der Waals surface area contributed by atoms with Gasteiger partial charge in [0.25, 0.3) is 0 Å². The predicted octanol–water partition coefficient (Wildman–Crippen LogP) is 0.564. The summed E-state index contributed by atoms with van der Waals surface area (Å²) >= 11 is 5.83. The molecule has 15 heavy (non-hydrogen) atoms. The van der Waals surface area contributed by atoms with Crippen molar-refractivity contribution in [2.24, 2.45) is 0 Å². The number of aromatic amines is 1. The summed E-state index contributed by atoms with van der Waals surface area (Å²) in [6, 6.07) is 0. The van der Waals surface area contributed by atoms with Crippen LogP contribution in [0, 0.1) is 6.92 Å². The van der Waals surface area contributed by atoms with Crippen molar-refractivity contribution in [2.75, 3.05) is 5.32 Å². The van der Waals surface area contributed by atoms with Gasteiger partial charge in [0, 0.05) is 5.56 Å². The highest BCUT2D eigenvalue weighted by Gasteiger charge is 2.05. The highest BCUT2D eigenvalue weighted by atomic mass is 35.5. The SMILES string of the molecule is Cc1c(Cl)ncnc1NCc1nn[nH]n1. The molecule has 0 aliphatic rings. The number of hydrogen-bond donors (Lipinski definition) is 2. The number of tetrazole rings is 1. The predicted molar refractivity (Wildman–Crippen MR) is 53.3 cm³/mol. The van der Waals surface area contributed by atoms with E-state index >= 15 is 0 Å². The average Bonchev–Trinajstić information content (AvgIpc) is 2.73. The molecule has 0 saturated heterocycles. The molecule has 0 aliphatic carbocycles. The minimum Gasteiger partial charge on any atom is -0.362 e. The third-order valence-corrected chi connectivity index (χ3v) is 2.21. The van der Waals surface area contributed by atoms with Crippen LogP contribution in [-0.4, -0.2) is 30.6 Å². The van der Waals surface area contributed by atoms with Gasteiger partial charge in [-0.3, -0.25) is 0 Å². The first-order chi connectivity index (χ1) is 7.27. The normalized spacial score (nSPS) is 10.3. The average molecular weight is 226 g/mol. The smallest absolute Gasteiger partial charge is 0.193 e. The summed E-state index contributed by atoms with van der Waals surface area (Å²) in [5.41, 5.74) is 0.794. The molecule has 0 radical (unpaired) electrons. The molecule has 2 heterocycles. The molecule has 0 aromatic carbocycles. The number of aromatic nitrogens is 6. The molecular weight excluding hydrogens is 218 g/mol. The molecule has 0 bridgehead atoms. The monoisotopic (exact) mass is 225 g/mol. The Morgan fingerprint density at radius 1 is 1.47 bits per heavy atom. The molecular formula is C7H8ClN7. The van der Waals surface area contributed by atoms with Crippen LogP contribution in [0.2, 0.25) is 5.15 Å². The second-order valence-electron chi connectivity index (χ2n) is 2.82. The molecule has 2 rings (SSSR count). The van der Waals surface area contributed by atoms with Crippen molar-refractivity contribution in [1.29, 1.82) is 0 Å². The van der Waals surface area contributed by atoms with Crippen molar-refractivity contribution < 1.29 is 0 Å². The summed E-state index contributed by atoms with van der Waals surface area (Å²) in [6.45, 7) is 2.27. The van der Waals surface area contributed by atoms with E-state index in [0.717, 1.165) is 5.56 Å². The summed E-state index contributed by atoms with van der Waals surface area (Å²) in [5.74, 6) is 1.23. The van der Waals surface area contributed by atoms with Crippen LogP contribution in [0.1, 0.15) is 11.4 Å². The van der Waals surface area contributed by atoms with Crippen LogP contribution in [0.3, 0.4) is 0 Å². The Morgan fingerprint density at radius 3 is 3.07 bits per heavy atom. The lowest BCUT2D eigenvalue weighted by atomic mass is 10.3. The molecule has 0 amide bonds. The highest BCUT2D eigenvalue weighted by Crippen LogP contribution is 2.17. The Morgan fingerprint density at radius 2 is 2.33 bits per heavy atom. The molecule has 8 heteroatoms. The molecule has 0 fully saturated rings. The van der Waals surface area contributed by atoms with Crippen LogP contribution in [0.4, 0.5) is 5.82 Å². The van der Waals surface area contributed by atoms with Crippen LogP contribution < -0.4 is 5.32 Å². The van der Waals surface area contributed by atoms with E-state index in [1.165, 1.54) is 6.33 Å². The summed E-state index contributed by atoms with van der Waals surface area (Å²) < 4.78 is 0. The number of rotatable bonds is 3. The van der Waals surface area contributed by atoms with Gasteiger partial charge in [-0.1, -0.05) is 16.8 Å². The quantitative estimate of drug-likeness (QED) is 0.742. The molecule has 0 spiro atoms. The van der Waals surface area contributed by atoms with Gasteiger partial charge in [0.15, 0.2) is 5.82 Å². The summed E-state index contributed by atoms with van der Waals surface area (Å²) in [6.07, 6.45) is 1.40. The lowest BCUT2D eigenvalue weighted by molar-refractivity contribution is 0.881. The van der Waals surface area contributed by atoms with Gasteiger partial charge in [0.2, 0.25) is 0 Å². The van der Waals surface area contributed by atoms with Gasteiger partial charge in [-0.05, 0) is 6.92 Å². The molecule has 0 unspecified atom stereocenters. The maximum atomic E-state index is 5.83. The molecule has 2 N–H and O–H groups in total. The van der Waals surface area contributed by atoms with Crippen molar-refractivity contribution in [3.63, 3.8) is 0 Å². The van der Waals surface area contributed by atoms with Crippen molar-refractivity contribution >= 4 is 17.4 Å². The van der Waals surface area contributed by atoms with Gasteiger partial charge < -0.3 is 5.32 Å². The van der Waals surface area contributed by atoms with E-state index in [2.05, 4.69) is 35.9 Å². The summed E-state index contributed by atoms with van der Waals surface area (Å²) in [7, 11) is 0. The Labute approximate surface area is 90.3 Å². The van der Waals surface area contributed by atoms with E-state index in [9.17, 15) is 0 Å². The van der Waals surface area contributed by atoms with E-state index in [-0.39, 0.29) is 0 Å². The molecule has 0 aliphatic heterocycles. The van der Waals surface area contributed by atoms with Crippen LogP contribution in [0.25, 0.3) is 0 Å². The van der Waals surface area contributed by atoms with Gasteiger partial charge >= 0.3 is 0 Å². The van der Waals surface area contributed by atoms with Crippen LogP contribution in [0.15, 0.2) is 6.33 Å². The molecule has 0 saturated carbocycles. The minimum atomic E-state index is 0.431. The van der Waals surface area contributed by atoms with E-state index in [4.69, 9.17) is 11.6 Å². The Kier molecular flexibility index (Phi) is 2.72. The standard InChI is InChI=1S/C7H8ClN7/c1-4-6(8)10-3-11-7(4)9-2-5-12-14-15-13-5/h3H,2H2,1H3,(H,9,10,11)(H,12,13,14,15). The van der Waals surface area contributed by atoms with E-state index < -0.39 is 0 Å². The van der Waals surface area contributed by atoms with Crippen molar-refractivity contribution in [3.05, 3.63) is 22.9 Å². The second kappa shape index (κ2) is 4.18. The van der Waals surface area contributed by atoms with Crippen LogP contribution in [-0.2, 0) is 6.54 Å². The fourth-order valence-electron chi connectivity index (χ4n) is 1.03. The van der Waals surface area contributed by atoms with Gasteiger partial charge in [0.1, 0.15) is 17.3 Å². The molecule has 0 atom stereocenters. The molecule has 2 aromatic rings. The Balaban J connectivity index is 2.08. The fourth-order valence-corrected chi connectivity index (χ4v) is 1.16. The van der Waals surface area contributed by atoms with Crippen molar-refractivity contribution in [2.45, 2.75) is 13.5 Å². The van der Waals surface area contributed by atoms with Gasteiger partial charge in [-0.15, -0.1) is 10.2 Å². The van der Waals surface area contributed by atoms with E-state index in [0.29, 0.717) is 23.3 Å². The number of H-pyrrole nitrogens is 1. The maximum absolute atomic E-state index is 5.83. The first-order valence-electron chi connectivity index (χ1n) is 4.20. The number of nitrogens with zero attached hydrogens (tertiary/aromatic N) is 5. The number of anilines is 1. The summed E-state index contributed by atoms with van der Waals surface area (Å²) in [5, 5.41) is 16.9. The van der Waals surface area contributed by atoms with Gasteiger partial charge in [0.05, 0.1) is 6.54 Å². The van der Waals surface area contributed by atoms with Crippen LogP contribution >= 0.6 is 11.6 Å². The van der Waals surface area contributed by atoms with Crippen molar-refractivity contribution in [3.8, 4) is 0 Å². The lowest BCUT2D eigenvalue weighted by Gasteiger charge is -2.05. The van der Waals surface area contributed by atoms with Crippen LogP contribution in [0.5, 0.6) is 0 Å². The first kappa shape index (κ1) is 9.78. The third kappa shape index (κ3) is 2.18. The number of nitrogens with one attached hydrogen (secondary N) is 2. The second-order valence-corrected chi connectivity index (χ2v) is 3.18. The molecule has 7 nitrogen and oxygen atoms in total. The summed E-state index contributed by atoms with van der Waals surface area (Å²) in [4.78, 5) is 7.89. The largest absolute Gasteiger partial charge is 0.362 e. The Bertz CT molecular complexity index is 441. The Hall–Kier alpha value is -1.76. The van der Waals surface area contributed by atoms with E-state index in [1.54, 1.807) is 0 Å². The third-order valence-electron chi connectivity index (χ3n) is 1.83. The van der Waals surface area contributed by atoms with Gasteiger partial charge in [-0.25, -0.2) is 9.97 Å². The highest BCUT2D eigenvalue weighted by molar-refractivity contribution is 6.30. The molecule has 78 valence electrons. The fraction of sp³-hybridized carbons (Fsp3) is 0.286. The number of hydrogen-bond acceptors (Lipinski definition) is 6. The first-order valence-corrected chi connectivity index (χ1v) is 4.58. The van der Waals surface area contributed by atoms with Crippen molar-refractivity contribution in [1.82, 2.24) is 30.6 Å². The zero-order valence-electron chi connectivity index (χ0n) is 7.90. The maximum Gasteiger partial charge on any atom is 0.193 e. The van der Waals surface area contributed by atoms with Gasteiger partial charge in [-0.2, -0.15) is 5.21 Å². The minimum absolute atomic E-state index is 0.431.